The molecule has 0 fully saturated rings. The van der Waals surface area contributed by atoms with Crippen molar-refractivity contribution in [2.75, 3.05) is 20.3 Å². The molecule has 1 aliphatic heterocycles. The van der Waals surface area contributed by atoms with Crippen molar-refractivity contribution in [3.8, 4) is 5.75 Å². The molecule has 1 N–H and O–H groups in total. The number of amides is 1. The average Bonchev–Trinajstić information content (AvgIpc) is 2.68. The number of para-hydroxylation sites is 1. The summed E-state index contributed by atoms with van der Waals surface area (Å²) in [4.78, 5) is 35.9. The standard InChI is InChI=1S/C19H23NO6/c1-4-12(2)17(19(23)24-3)20-16(21)11-26-18(22)14-9-13-7-5-6-8-15(13)25-10-14/h5-9,12,17H,4,10-11H2,1-3H3,(H,20,21)/t12-,17+/m0/s1. The number of nitrogens with one attached hydrogen (secondary N) is 1. The van der Waals surface area contributed by atoms with Crippen LogP contribution < -0.4 is 10.1 Å². The van der Waals surface area contributed by atoms with E-state index < -0.39 is 30.5 Å². The summed E-state index contributed by atoms with van der Waals surface area (Å²) >= 11 is 0. The van der Waals surface area contributed by atoms with Gasteiger partial charge in [-0.2, -0.15) is 0 Å². The van der Waals surface area contributed by atoms with Crippen LogP contribution in [0, 0.1) is 5.92 Å². The lowest BCUT2D eigenvalue weighted by molar-refractivity contribution is -0.149. The lowest BCUT2D eigenvalue weighted by Gasteiger charge is -2.22. The molecule has 2 rings (SSSR count). The van der Waals surface area contributed by atoms with Crippen LogP contribution in [0.3, 0.4) is 0 Å². The largest absolute Gasteiger partial charge is 0.488 e. The predicted molar refractivity (Wildman–Crippen MR) is 94.3 cm³/mol. The molecule has 0 radical (unpaired) electrons. The van der Waals surface area contributed by atoms with E-state index in [4.69, 9.17) is 14.2 Å². The molecule has 1 aromatic carbocycles. The maximum absolute atomic E-state index is 12.1. The van der Waals surface area contributed by atoms with Crippen molar-refractivity contribution in [3.63, 3.8) is 0 Å². The molecular formula is C19H23NO6. The maximum atomic E-state index is 12.1. The van der Waals surface area contributed by atoms with E-state index in [1.54, 1.807) is 6.08 Å². The average molecular weight is 361 g/mol. The van der Waals surface area contributed by atoms with Crippen LogP contribution in [0.1, 0.15) is 25.8 Å². The third-order valence-electron chi connectivity index (χ3n) is 4.21. The molecule has 1 aliphatic rings. The fourth-order valence-electron chi connectivity index (χ4n) is 2.47. The molecule has 0 unspecified atom stereocenters. The van der Waals surface area contributed by atoms with E-state index in [9.17, 15) is 14.4 Å². The molecule has 0 bridgehead atoms. The summed E-state index contributed by atoms with van der Waals surface area (Å²) < 4.78 is 15.2. The van der Waals surface area contributed by atoms with Crippen molar-refractivity contribution in [1.29, 1.82) is 0 Å². The third-order valence-corrected chi connectivity index (χ3v) is 4.21. The summed E-state index contributed by atoms with van der Waals surface area (Å²) in [5.74, 6) is -1.14. The van der Waals surface area contributed by atoms with Gasteiger partial charge < -0.3 is 19.5 Å². The van der Waals surface area contributed by atoms with Gasteiger partial charge >= 0.3 is 11.9 Å². The smallest absolute Gasteiger partial charge is 0.338 e. The Kier molecular flexibility index (Phi) is 6.77. The van der Waals surface area contributed by atoms with Crippen LogP contribution in [0.5, 0.6) is 5.75 Å². The predicted octanol–water partition coefficient (Wildman–Crippen LogP) is 1.71. The molecule has 140 valence electrons. The van der Waals surface area contributed by atoms with E-state index in [1.807, 2.05) is 38.1 Å². The van der Waals surface area contributed by atoms with Crippen LogP contribution in [0.2, 0.25) is 0 Å². The van der Waals surface area contributed by atoms with Gasteiger partial charge in [0.05, 0.1) is 12.7 Å². The molecule has 0 saturated heterocycles. The summed E-state index contributed by atoms with van der Waals surface area (Å²) in [5.41, 5.74) is 1.10. The summed E-state index contributed by atoms with van der Waals surface area (Å²) in [5, 5.41) is 2.55. The van der Waals surface area contributed by atoms with E-state index in [1.165, 1.54) is 7.11 Å². The Balaban J connectivity index is 1.92. The minimum absolute atomic E-state index is 0.0785. The molecule has 2 atom stereocenters. The second-order valence-electron chi connectivity index (χ2n) is 6.03. The Bertz CT molecular complexity index is 712. The number of rotatable bonds is 7. The molecule has 0 saturated carbocycles. The van der Waals surface area contributed by atoms with Crippen LogP contribution in [0.4, 0.5) is 0 Å². The molecule has 0 aromatic heterocycles. The fourth-order valence-corrected chi connectivity index (χ4v) is 2.47. The van der Waals surface area contributed by atoms with Crippen molar-refractivity contribution in [2.24, 2.45) is 5.92 Å². The van der Waals surface area contributed by atoms with Crippen molar-refractivity contribution in [2.45, 2.75) is 26.3 Å². The first-order valence-corrected chi connectivity index (χ1v) is 8.43. The second kappa shape index (κ2) is 9.03. The number of benzene rings is 1. The zero-order valence-electron chi connectivity index (χ0n) is 15.1. The Morgan fingerprint density at radius 3 is 2.69 bits per heavy atom. The number of fused-ring (bicyclic) bond motifs is 1. The lowest BCUT2D eigenvalue weighted by Crippen LogP contribution is -2.47. The van der Waals surface area contributed by atoms with Gasteiger partial charge in [-0.05, 0) is 18.1 Å². The molecule has 0 spiro atoms. The molecular weight excluding hydrogens is 338 g/mol. The first-order chi connectivity index (χ1) is 12.5. The van der Waals surface area contributed by atoms with Crippen molar-refractivity contribution >= 4 is 23.9 Å². The molecule has 1 heterocycles. The third kappa shape index (κ3) is 4.84. The minimum Gasteiger partial charge on any atom is -0.488 e. The van der Waals surface area contributed by atoms with Gasteiger partial charge in [0.1, 0.15) is 18.4 Å². The van der Waals surface area contributed by atoms with Crippen molar-refractivity contribution in [1.82, 2.24) is 5.32 Å². The number of methoxy groups -OCH3 is 1. The molecule has 7 nitrogen and oxygen atoms in total. The lowest BCUT2D eigenvalue weighted by atomic mass is 9.99. The van der Waals surface area contributed by atoms with Gasteiger partial charge in [0.15, 0.2) is 6.61 Å². The maximum Gasteiger partial charge on any atom is 0.338 e. The minimum atomic E-state index is -0.777. The van der Waals surface area contributed by atoms with E-state index in [2.05, 4.69) is 5.32 Å². The van der Waals surface area contributed by atoms with Crippen LogP contribution >= 0.6 is 0 Å². The molecule has 0 aliphatic carbocycles. The monoisotopic (exact) mass is 361 g/mol. The van der Waals surface area contributed by atoms with E-state index in [-0.39, 0.29) is 12.5 Å². The first-order valence-electron chi connectivity index (χ1n) is 8.43. The zero-order chi connectivity index (χ0) is 19.1. The molecule has 26 heavy (non-hydrogen) atoms. The van der Waals surface area contributed by atoms with Gasteiger partial charge in [-0.15, -0.1) is 0 Å². The van der Waals surface area contributed by atoms with Gasteiger partial charge in [-0.1, -0.05) is 38.5 Å². The van der Waals surface area contributed by atoms with Gasteiger partial charge in [-0.25, -0.2) is 9.59 Å². The van der Waals surface area contributed by atoms with Crippen LogP contribution in [-0.4, -0.2) is 44.2 Å². The van der Waals surface area contributed by atoms with E-state index >= 15 is 0 Å². The summed E-state index contributed by atoms with van der Waals surface area (Å²) in [6.07, 6.45) is 2.36. The topological polar surface area (TPSA) is 90.9 Å². The van der Waals surface area contributed by atoms with E-state index in [0.717, 1.165) is 5.56 Å². The van der Waals surface area contributed by atoms with Crippen LogP contribution in [0.25, 0.3) is 6.08 Å². The van der Waals surface area contributed by atoms with Gasteiger partial charge in [0.25, 0.3) is 5.91 Å². The first kappa shape index (κ1) is 19.5. The zero-order valence-corrected chi connectivity index (χ0v) is 15.1. The highest BCUT2D eigenvalue weighted by atomic mass is 16.5. The Morgan fingerprint density at radius 2 is 2.00 bits per heavy atom. The number of hydrogen-bond acceptors (Lipinski definition) is 6. The summed E-state index contributed by atoms with van der Waals surface area (Å²) in [6, 6.07) is 6.53. The fraction of sp³-hybridized carbons (Fsp3) is 0.421. The number of carbonyl (C=O) groups excluding carboxylic acids is 3. The highest BCUT2D eigenvalue weighted by Crippen LogP contribution is 2.26. The van der Waals surface area contributed by atoms with Crippen LogP contribution in [-0.2, 0) is 23.9 Å². The van der Waals surface area contributed by atoms with Crippen LogP contribution in [0.15, 0.2) is 29.8 Å². The number of esters is 2. The van der Waals surface area contributed by atoms with Crippen molar-refractivity contribution in [3.05, 3.63) is 35.4 Å². The normalized spacial score (nSPS) is 14.8. The number of ether oxygens (including phenoxy) is 3. The van der Waals surface area contributed by atoms with Crippen molar-refractivity contribution < 1.29 is 28.6 Å². The Hall–Kier alpha value is -2.83. The summed E-state index contributed by atoms with van der Waals surface area (Å²) in [6.45, 7) is 3.33. The number of hydrogen-bond donors (Lipinski definition) is 1. The Labute approximate surface area is 152 Å². The molecule has 7 heteroatoms. The van der Waals surface area contributed by atoms with Gasteiger partial charge in [0, 0.05) is 5.56 Å². The Morgan fingerprint density at radius 1 is 1.27 bits per heavy atom. The van der Waals surface area contributed by atoms with Gasteiger partial charge in [-0.3, -0.25) is 4.79 Å². The van der Waals surface area contributed by atoms with E-state index in [0.29, 0.717) is 17.7 Å². The highest BCUT2D eigenvalue weighted by molar-refractivity contribution is 5.96. The second-order valence-corrected chi connectivity index (χ2v) is 6.03. The quantitative estimate of drug-likeness (QED) is 0.744. The highest BCUT2D eigenvalue weighted by Gasteiger charge is 2.27. The molecule has 1 amide bonds. The molecule has 1 aromatic rings. The summed E-state index contributed by atoms with van der Waals surface area (Å²) in [7, 11) is 1.26. The SMILES string of the molecule is CC[C@H](C)[C@@H](NC(=O)COC(=O)C1=Cc2ccccc2OC1)C(=O)OC. The van der Waals surface area contributed by atoms with Gasteiger partial charge in [0.2, 0.25) is 0 Å². The number of carbonyl (C=O) groups is 3.